The Labute approximate surface area is 107 Å². The second kappa shape index (κ2) is 4.23. The van der Waals surface area contributed by atoms with Crippen molar-refractivity contribution in [2.24, 2.45) is 0 Å². The average Bonchev–Trinajstić information content (AvgIpc) is 3.00. The summed E-state index contributed by atoms with van der Waals surface area (Å²) in [4.78, 5) is 9.23. The van der Waals surface area contributed by atoms with Crippen molar-refractivity contribution in [3.05, 3.63) is 35.5 Å². The number of nitrogen functional groups attached to an aromatic ring is 1. The number of aryl methyl sites for hydroxylation is 1. The Balaban J connectivity index is 2.05. The molecule has 0 unspecified atom stereocenters. The van der Waals surface area contributed by atoms with Gasteiger partial charge in [0, 0.05) is 17.4 Å². The van der Waals surface area contributed by atoms with Crippen LogP contribution in [0.4, 0.5) is 5.69 Å². The molecular weight excluding hydrogens is 248 g/mol. The van der Waals surface area contributed by atoms with Gasteiger partial charge in [0.25, 0.3) is 5.89 Å². The van der Waals surface area contributed by atoms with E-state index in [1.54, 1.807) is 11.7 Å². The minimum absolute atomic E-state index is 0.475. The van der Waals surface area contributed by atoms with Crippen LogP contribution in [0.1, 0.15) is 5.56 Å². The molecule has 0 fully saturated rings. The zero-order valence-electron chi connectivity index (χ0n) is 9.62. The normalized spacial score (nSPS) is 10.7. The number of nitrogens with zero attached hydrogens (tertiary/aromatic N) is 3. The van der Waals surface area contributed by atoms with E-state index in [1.807, 2.05) is 25.1 Å². The third-order valence-corrected chi connectivity index (χ3v) is 3.34. The number of aromatic nitrogens is 3. The molecule has 2 heterocycles. The van der Waals surface area contributed by atoms with Crippen LogP contribution in [0.3, 0.4) is 0 Å². The number of hydrogen-bond acceptors (Lipinski definition) is 6. The molecule has 0 radical (unpaired) electrons. The van der Waals surface area contributed by atoms with Crippen molar-refractivity contribution in [2.45, 2.75) is 6.92 Å². The van der Waals surface area contributed by atoms with E-state index < -0.39 is 0 Å². The summed E-state index contributed by atoms with van der Waals surface area (Å²) in [6, 6.07) is 5.61. The van der Waals surface area contributed by atoms with Gasteiger partial charge in [-0.3, -0.25) is 4.98 Å². The number of rotatable bonds is 2. The van der Waals surface area contributed by atoms with Crippen LogP contribution in [0.5, 0.6) is 0 Å². The summed E-state index contributed by atoms with van der Waals surface area (Å²) in [6.45, 7) is 1.98. The summed E-state index contributed by atoms with van der Waals surface area (Å²) in [6.07, 6.45) is 1.71. The average molecular weight is 258 g/mol. The lowest BCUT2D eigenvalue weighted by molar-refractivity contribution is 0.432. The highest BCUT2D eigenvalue weighted by atomic mass is 32.1. The second-order valence-corrected chi connectivity index (χ2v) is 4.75. The zero-order valence-corrected chi connectivity index (χ0v) is 10.4. The van der Waals surface area contributed by atoms with Crippen LogP contribution in [0, 0.1) is 6.92 Å². The van der Waals surface area contributed by atoms with Gasteiger partial charge in [-0.25, -0.2) is 0 Å². The Hall–Kier alpha value is -2.21. The van der Waals surface area contributed by atoms with Gasteiger partial charge >= 0.3 is 0 Å². The first-order chi connectivity index (χ1) is 8.74. The number of benzene rings is 1. The van der Waals surface area contributed by atoms with Crippen LogP contribution >= 0.6 is 11.3 Å². The lowest BCUT2D eigenvalue weighted by Gasteiger charge is -2.01. The Bertz CT molecular complexity index is 675. The zero-order chi connectivity index (χ0) is 12.5. The third kappa shape index (κ3) is 1.86. The van der Waals surface area contributed by atoms with Gasteiger partial charge < -0.3 is 10.3 Å². The number of nitrogens with two attached hydrogens (primary N) is 1. The maximum Gasteiger partial charge on any atom is 0.258 e. The van der Waals surface area contributed by atoms with E-state index >= 15 is 0 Å². The van der Waals surface area contributed by atoms with Crippen LogP contribution in [0.15, 0.2) is 34.4 Å². The fourth-order valence-electron chi connectivity index (χ4n) is 1.63. The molecule has 1 aromatic carbocycles. The molecule has 0 aliphatic carbocycles. The van der Waals surface area contributed by atoms with Crippen molar-refractivity contribution in [3.8, 4) is 22.2 Å². The molecule has 0 saturated heterocycles. The van der Waals surface area contributed by atoms with E-state index in [4.69, 9.17) is 10.3 Å². The summed E-state index contributed by atoms with van der Waals surface area (Å²) < 4.78 is 5.27. The fourth-order valence-corrected chi connectivity index (χ4v) is 2.17. The Kier molecular flexibility index (Phi) is 2.56. The largest absolute Gasteiger partial charge is 0.399 e. The molecule has 0 atom stereocenters. The summed E-state index contributed by atoms with van der Waals surface area (Å²) >= 11 is 1.47. The lowest BCUT2D eigenvalue weighted by Crippen LogP contribution is -1.89. The van der Waals surface area contributed by atoms with Crippen LogP contribution < -0.4 is 5.73 Å². The highest BCUT2D eigenvalue weighted by Gasteiger charge is 2.13. The van der Waals surface area contributed by atoms with E-state index in [1.165, 1.54) is 11.3 Å². The molecule has 0 saturated carbocycles. The van der Waals surface area contributed by atoms with Crippen molar-refractivity contribution in [1.29, 1.82) is 0 Å². The number of hydrogen-bond donors (Lipinski definition) is 1. The van der Waals surface area contributed by atoms with Crippen molar-refractivity contribution >= 4 is 17.0 Å². The van der Waals surface area contributed by atoms with Crippen molar-refractivity contribution < 1.29 is 4.52 Å². The van der Waals surface area contributed by atoms with E-state index in [0.29, 0.717) is 17.4 Å². The topological polar surface area (TPSA) is 77.8 Å². The van der Waals surface area contributed by atoms with Crippen LogP contribution in [-0.4, -0.2) is 15.1 Å². The molecule has 0 spiro atoms. The second-order valence-electron chi connectivity index (χ2n) is 3.86. The minimum Gasteiger partial charge on any atom is -0.399 e. The monoisotopic (exact) mass is 258 g/mol. The van der Waals surface area contributed by atoms with Gasteiger partial charge in [-0.05, 0) is 24.6 Å². The molecule has 0 amide bonds. The molecular formula is C12H10N4OS. The standard InChI is InChI=1S/C12H10N4OS/c1-7-2-3-8(13)4-9(7)12-15-11(16-17-12)10-5-14-6-18-10/h2-6H,13H2,1H3. The van der Waals surface area contributed by atoms with E-state index in [9.17, 15) is 0 Å². The first-order valence-corrected chi connectivity index (χ1v) is 6.21. The molecule has 5 nitrogen and oxygen atoms in total. The van der Waals surface area contributed by atoms with E-state index in [2.05, 4.69) is 15.1 Å². The van der Waals surface area contributed by atoms with Gasteiger partial charge in [-0.2, -0.15) is 4.98 Å². The van der Waals surface area contributed by atoms with Gasteiger partial charge in [-0.15, -0.1) is 11.3 Å². The third-order valence-electron chi connectivity index (χ3n) is 2.57. The summed E-state index contributed by atoms with van der Waals surface area (Å²) in [5.41, 5.74) is 10.1. The maximum absolute atomic E-state index is 5.77. The van der Waals surface area contributed by atoms with Gasteiger partial charge in [0.15, 0.2) is 0 Å². The molecule has 0 aliphatic heterocycles. The SMILES string of the molecule is Cc1ccc(N)cc1-c1nc(-c2cncs2)no1. The quantitative estimate of drug-likeness (QED) is 0.715. The Morgan fingerprint density at radius 1 is 1.33 bits per heavy atom. The lowest BCUT2D eigenvalue weighted by atomic mass is 10.1. The molecule has 2 N–H and O–H groups in total. The fraction of sp³-hybridized carbons (Fsp3) is 0.0833. The Morgan fingerprint density at radius 2 is 2.22 bits per heavy atom. The molecule has 18 heavy (non-hydrogen) atoms. The summed E-state index contributed by atoms with van der Waals surface area (Å²) in [5.74, 6) is 1.03. The molecule has 6 heteroatoms. The molecule has 2 aromatic heterocycles. The summed E-state index contributed by atoms with van der Waals surface area (Å²) in [7, 11) is 0. The van der Waals surface area contributed by atoms with Crippen LogP contribution in [0.25, 0.3) is 22.2 Å². The first-order valence-electron chi connectivity index (χ1n) is 5.33. The van der Waals surface area contributed by atoms with Crippen molar-refractivity contribution in [3.63, 3.8) is 0 Å². The predicted molar refractivity (Wildman–Crippen MR) is 70.0 cm³/mol. The van der Waals surface area contributed by atoms with Gasteiger partial charge in [0.05, 0.1) is 10.4 Å². The van der Waals surface area contributed by atoms with E-state index in [0.717, 1.165) is 16.0 Å². The highest BCUT2D eigenvalue weighted by molar-refractivity contribution is 7.13. The van der Waals surface area contributed by atoms with Gasteiger partial charge in [0.1, 0.15) is 0 Å². The molecule has 0 aliphatic rings. The Morgan fingerprint density at radius 3 is 3.00 bits per heavy atom. The van der Waals surface area contributed by atoms with Crippen LogP contribution in [0.2, 0.25) is 0 Å². The van der Waals surface area contributed by atoms with Crippen LogP contribution in [-0.2, 0) is 0 Å². The van der Waals surface area contributed by atoms with E-state index in [-0.39, 0.29) is 0 Å². The predicted octanol–water partition coefficient (Wildman–Crippen LogP) is 2.75. The molecule has 3 aromatic rings. The van der Waals surface area contributed by atoms with Crippen molar-refractivity contribution in [1.82, 2.24) is 15.1 Å². The first kappa shape index (κ1) is 10.9. The minimum atomic E-state index is 0.475. The molecule has 3 rings (SSSR count). The number of thiazole rings is 1. The number of anilines is 1. The highest BCUT2D eigenvalue weighted by Crippen LogP contribution is 2.27. The van der Waals surface area contributed by atoms with Gasteiger partial charge in [-0.1, -0.05) is 11.2 Å². The van der Waals surface area contributed by atoms with Gasteiger partial charge in [0.2, 0.25) is 5.82 Å². The smallest absolute Gasteiger partial charge is 0.258 e. The molecule has 0 bridgehead atoms. The summed E-state index contributed by atoms with van der Waals surface area (Å²) in [5, 5.41) is 3.95. The molecule has 90 valence electrons. The van der Waals surface area contributed by atoms with Crippen molar-refractivity contribution in [2.75, 3.05) is 5.73 Å². The maximum atomic E-state index is 5.77.